The summed E-state index contributed by atoms with van der Waals surface area (Å²) in [5.74, 6) is 6.55. The topological polar surface area (TPSA) is 8.81 Å². The summed E-state index contributed by atoms with van der Waals surface area (Å²) >= 11 is 0. The molecule has 1 heterocycles. The Balaban J connectivity index is 2.16. The van der Waals surface area contributed by atoms with Gasteiger partial charge < -0.3 is 0 Å². The second-order valence-corrected chi connectivity index (χ2v) is 13.1. The Bertz CT molecular complexity index is 460. The van der Waals surface area contributed by atoms with E-state index in [1.54, 1.807) is 0 Å². The van der Waals surface area contributed by atoms with E-state index in [9.17, 15) is 0 Å². The number of unbranched alkanes of at least 4 members (excludes halogenated alkanes) is 5. The van der Waals surface area contributed by atoms with Crippen molar-refractivity contribution in [3.8, 4) is 11.8 Å². The van der Waals surface area contributed by atoms with Crippen molar-refractivity contribution in [1.82, 2.24) is 4.57 Å². The number of aryl methyl sites for hydroxylation is 1. The van der Waals surface area contributed by atoms with Crippen LogP contribution in [-0.4, -0.2) is 12.6 Å². The summed E-state index contributed by atoms with van der Waals surface area (Å²) < 4.78 is 4.49. The van der Waals surface area contributed by atoms with E-state index >= 15 is 0 Å². The van der Waals surface area contributed by atoms with Gasteiger partial charge in [0.15, 0.2) is 6.54 Å². The molecule has 0 saturated carbocycles. The first-order valence-corrected chi connectivity index (χ1v) is 12.7. The fraction of sp³-hybridized carbons (Fsp3) is 0.737. The number of rotatable bonds is 10. The van der Waals surface area contributed by atoms with E-state index in [-0.39, 0.29) is 0 Å². The largest absolute Gasteiger partial charge is 0.244 e. The van der Waals surface area contributed by atoms with E-state index in [2.05, 4.69) is 66.3 Å². The molecule has 0 bridgehead atoms. The van der Waals surface area contributed by atoms with Gasteiger partial charge in [-0.3, -0.25) is 0 Å². The predicted molar refractivity (Wildman–Crippen MR) is 98.5 cm³/mol. The van der Waals surface area contributed by atoms with Gasteiger partial charge in [0.25, 0.3) is 0 Å². The summed E-state index contributed by atoms with van der Waals surface area (Å²) in [7, 11) is -0.836. The van der Waals surface area contributed by atoms with Crippen LogP contribution in [0.3, 0.4) is 0 Å². The lowest BCUT2D eigenvalue weighted by molar-refractivity contribution is -0.696. The Labute approximate surface area is 138 Å². The van der Waals surface area contributed by atoms with Gasteiger partial charge in [0.05, 0.1) is 6.54 Å². The van der Waals surface area contributed by atoms with Crippen molar-refractivity contribution in [2.75, 3.05) is 0 Å². The van der Waals surface area contributed by atoms with Gasteiger partial charge in [-0.05, 0) is 19.3 Å². The molecule has 0 aliphatic heterocycles. The van der Waals surface area contributed by atoms with E-state index in [0.717, 1.165) is 19.5 Å². The fourth-order valence-corrected chi connectivity index (χ4v) is 3.80. The van der Waals surface area contributed by atoms with Crippen molar-refractivity contribution in [1.29, 1.82) is 0 Å². The molecule has 0 saturated heterocycles. The highest BCUT2D eigenvalue weighted by Crippen LogP contribution is 2.13. The minimum atomic E-state index is -0.836. The lowest BCUT2D eigenvalue weighted by Gasteiger charge is -2.14. The van der Waals surface area contributed by atoms with Crippen LogP contribution < -0.4 is 4.57 Å². The molecule has 0 fully saturated rings. The van der Waals surface area contributed by atoms with Crippen LogP contribution in [0.15, 0.2) is 18.7 Å². The van der Waals surface area contributed by atoms with Crippen LogP contribution in [0.4, 0.5) is 0 Å². The molecule has 0 amide bonds. The molecule has 124 valence electrons. The maximum absolute atomic E-state index is 3.28. The monoisotopic (exact) mass is 319 g/mol. The average molecular weight is 320 g/mol. The van der Waals surface area contributed by atoms with Gasteiger partial charge in [-0.1, -0.05) is 63.7 Å². The predicted octanol–water partition coefficient (Wildman–Crippen LogP) is 4.87. The maximum Gasteiger partial charge on any atom is 0.244 e. The first kappa shape index (κ1) is 19.0. The lowest BCUT2D eigenvalue weighted by atomic mass is 10.2. The van der Waals surface area contributed by atoms with Crippen molar-refractivity contribution >= 4 is 8.07 Å². The average Bonchev–Trinajstić information content (AvgIpc) is 2.89. The van der Waals surface area contributed by atoms with E-state index in [1.807, 2.05) is 0 Å². The molecule has 1 aromatic rings. The van der Waals surface area contributed by atoms with Gasteiger partial charge in [-0.2, -0.15) is 0 Å². The van der Waals surface area contributed by atoms with Crippen LogP contribution in [0.1, 0.15) is 51.9 Å². The molecule has 0 atom stereocenters. The third kappa shape index (κ3) is 9.84. The Morgan fingerprint density at radius 1 is 1.00 bits per heavy atom. The molecule has 3 heteroatoms. The minimum Gasteiger partial charge on any atom is -0.237 e. The van der Waals surface area contributed by atoms with E-state index in [1.165, 1.54) is 44.6 Å². The molecule has 2 nitrogen and oxygen atoms in total. The normalized spacial score (nSPS) is 11.3. The highest BCUT2D eigenvalue weighted by atomic mass is 28.3. The highest BCUT2D eigenvalue weighted by molar-refractivity contribution is 6.76. The van der Waals surface area contributed by atoms with Crippen molar-refractivity contribution in [3.05, 3.63) is 18.7 Å². The summed E-state index contributed by atoms with van der Waals surface area (Å²) in [6.07, 6.45) is 15.4. The summed E-state index contributed by atoms with van der Waals surface area (Å²) in [4.78, 5) is 0. The number of hydrogen-bond donors (Lipinski definition) is 0. The number of nitrogens with zero attached hydrogens (tertiary/aromatic N) is 2. The molecule has 0 aliphatic carbocycles. The molecule has 0 aliphatic rings. The van der Waals surface area contributed by atoms with Crippen LogP contribution in [0.5, 0.6) is 0 Å². The molecular formula is C19H35N2Si+. The molecule has 1 rings (SSSR count). The Kier molecular flexibility index (Phi) is 9.23. The van der Waals surface area contributed by atoms with E-state index < -0.39 is 8.07 Å². The van der Waals surface area contributed by atoms with Gasteiger partial charge in [0, 0.05) is 14.5 Å². The molecule has 0 spiro atoms. The molecular weight excluding hydrogens is 284 g/mol. The summed E-state index contributed by atoms with van der Waals surface area (Å²) in [6, 6.07) is 1.46. The zero-order valence-electron chi connectivity index (χ0n) is 15.2. The SMILES string of the molecule is CCCCCC#CCn1cc[n+](CCCCC[Si](C)(C)C)c1. The molecule has 22 heavy (non-hydrogen) atoms. The molecule has 1 aromatic heterocycles. The van der Waals surface area contributed by atoms with Crippen LogP contribution in [0, 0.1) is 11.8 Å². The first-order chi connectivity index (χ1) is 10.5. The van der Waals surface area contributed by atoms with Gasteiger partial charge >= 0.3 is 0 Å². The van der Waals surface area contributed by atoms with E-state index in [4.69, 9.17) is 0 Å². The van der Waals surface area contributed by atoms with Gasteiger partial charge in [-0.25, -0.2) is 9.13 Å². The van der Waals surface area contributed by atoms with Crippen LogP contribution >= 0.6 is 0 Å². The van der Waals surface area contributed by atoms with Crippen LogP contribution in [0.25, 0.3) is 0 Å². The number of aromatic nitrogens is 2. The van der Waals surface area contributed by atoms with Crippen LogP contribution in [0.2, 0.25) is 25.7 Å². The second-order valence-electron chi connectivity index (χ2n) is 7.51. The van der Waals surface area contributed by atoms with E-state index in [0.29, 0.717) is 0 Å². The Morgan fingerprint density at radius 2 is 1.82 bits per heavy atom. The zero-order chi connectivity index (χ0) is 16.3. The summed E-state index contributed by atoms with van der Waals surface area (Å²) in [5, 5.41) is 0. The molecule has 0 aromatic carbocycles. The lowest BCUT2D eigenvalue weighted by Crippen LogP contribution is -2.31. The molecule has 0 radical (unpaired) electrons. The Morgan fingerprint density at radius 3 is 2.55 bits per heavy atom. The van der Waals surface area contributed by atoms with Crippen molar-refractivity contribution in [2.45, 2.75) is 90.6 Å². The highest BCUT2D eigenvalue weighted by Gasteiger charge is 2.11. The van der Waals surface area contributed by atoms with Crippen molar-refractivity contribution < 1.29 is 4.57 Å². The zero-order valence-corrected chi connectivity index (χ0v) is 16.2. The number of hydrogen-bond acceptors (Lipinski definition) is 0. The summed E-state index contributed by atoms with van der Waals surface area (Å²) in [5.41, 5.74) is 0. The van der Waals surface area contributed by atoms with Crippen molar-refractivity contribution in [3.63, 3.8) is 0 Å². The maximum atomic E-state index is 3.28. The fourth-order valence-electron chi connectivity index (χ4n) is 2.49. The smallest absolute Gasteiger partial charge is 0.237 e. The number of imidazole rings is 1. The van der Waals surface area contributed by atoms with Crippen LogP contribution in [-0.2, 0) is 13.1 Å². The van der Waals surface area contributed by atoms with Gasteiger partial charge in [-0.15, -0.1) is 0 Å². The minimum absolute atomic E-state index is 0.828. The van der Waals surface area contributed by atoms with Gasteiger partial charge in [0.2, 0.25) is 6.33 Å². The first-order valence-electron chi connectivity index (χ1n) is 9.02. The van der Waals surface area contributed by atoms with Gasteiger partial charge in [0.1, 0.15) is 12.4 Å². The third-order valence-corrected chi connectivity index (χ3v) is 5.73. The molecule has 0 N–H and O–H groups in total. The van der Waals surface area contributed by atoms with Crippen molar-refractivity contribution in [2.24, 2.45) is 0 Å². The summed E-state index contributed by atoms with van der Waals surface area (Å²) in [6.45, 7) is 11.6. The third-order valence-electron chi connectivity index (χ3n) is 3.88. The standard InChI is InChI=1S/C19H35N2Si/c1-5-6-7-8-9-11-14-20-16-17-21(19-20)15-12-10-13-18-22(2,3)4/h16-17,19H,5-8,10,12-15,18H2,1-4H3/q+1. The molecule has 0 unspecified atom stereocenters. The quantitative estimate of drug-likeness (QED) is 0.252. The Hall–Kier alpha value is -1.01. The second kappa shape index (κ2) is 10.7.